The minimum Gasteiger partial charge on any atom is -0.493 e. The van der Waals surface area contributed by atoms with Crippen molar-refractivity contribution in [1.29, 1.82) is 0 Å². The lowest BCUT2D eigenvalue weighted by Gasteiger charge is -2.31. The number of carbonyl (C=O) groups is 1. The maximum absolute atomic E-state index is 12.3. The van der Waals surface area contributed by atoms with Crippen molar-refractivity contribution in [3.05, 3.63) is 12.1 Å². The number of likely N-dealkylation sites (N-methyl/N-ethyl adjacent to an activating group) is 1. The quantitative estimate of drug-likeness (QED) is 0.674. The third-order valence-corrected chi connectivity index (χ3v) is 5.67. The minimum atomic E-state index is -0.133. The van der Waals surface area contributed by atoms with Crippen LogP contribution in [0.5, 0.6) is 17.2 Å². The van der Waals surface area contributed by atoms with Crippen molar-refractivity contribution in [2.45, 2.75) is 0 Å². The van der Waals surface area contributed by atoms with Crippen molar-refractivity contribution in [2.24, 2.45) is 0 Å². The van der Waals surface area contributed by atoms with E-state index in [1.807, 2.05) is 0 Å². The molecular weight excluding hydrogens is 374 g/mol. The molecule has 1 aliphatic heterocycles. The number of hydrogen-bond donors (Lipinski definition) is 2. The number of benzene rings is 1. The van der Waals surface area contributed by atoms with Crippen LogP contribution in [-0.2, 0) is 4.79 Å². The van der Waals surface area contributed by atoms with Crippen molar-refractivity contribution in [1.82, 2.24) is 4.90 Å². The zero-order chi connectivity index (χ0) is 19.1. The summed E-state index contributed by atoms with van der Waals surface area (Å²) < 4.78 is 16.6. The predicted molar refractivity (Wildman–Crippen MR) is 108 cm³/mol. The van der Waals surface area contributed by atoms with Crippen molar-refractivity contribution >= 4 is 39.9 Å². The zero-order valence-corrected chi connectivity index (χ0v) is 17.2. The Bertz CT molecular complexity index is 624. The highest BCUT2D eigenvalue weighted by Crippen LogP contribution is 2.39. The normalized spacial score (nSPS) is 14.7. The van der Waals surface area contributed by atoms with Gasteiger partial charge in [-0.2, -0.15) is 0 Å². The third kappa shape index (κ3) is 5.39. The highest BCUT2D eigenvalue weighted by molar-refractivity contribution is 8.23. The number of piperazine rings is 1. The number of carbonyl (C=O) groups excluding carboxylic acids is 1. The van der Waals surface area contributed by atoms with Crippen molar-refractivity contribution in [3.63, 3.8) is 0 Å². The molecule has 9 heteroatoms. The van der Waals surface area contributed by atoms with Gasteiger partial charge in [0.2, 0.25) is 11.7 Å². The van der Waals surface area contributed by atoms with Gasteiger partial charge in [0.25, 0.3) is 0 Å². The lowest BCUT2D eigenvalue weighted by atomic mass is 10.2. The Morgan fingerprint density at radius 1 is 1.19 bits per heavy atom. The molecule has 1 aliphatic rings. The number of nitrogens with zero attached hydrogens (tertiary/aromatic N) is 1. The fraction of sp³-hybridized carbons (Fsp3) is 0.529. The smallest absolute Gasteiger partial charge is 0.234 e. The van der Waals surface area contributed by atoms with Gasteiger partial charge < -0.3 is 29.3 Å². The Morgan fingerprint density at radius 3 is 2.27 bits per heavy atom. The van der Waals surface area contributed by atoms with Crippen LogP contribution in [0.3, 0.4) is 0 Å². The second-order valence-electron chi connectivity index (χ2n) is 5.96. The van der Waals surface area contributed by atoms with E-state index in [-0.39, 0.29) is 11.7 Å². The highest BCUT2D eigenvalue weighted by atomic mass is 32.2. The Hall–Kier alpha value is -1.71. The van der Waals surface area contributed by atoms with Gasteiger partial charge in [0.15, 0.2) is 11.5 Å². The number of quaternary nitrogens is 1. The molecule has 1 aromatic carbocycles. The van der Waals surface area contributed by atoms with Crippen LogP contribution in [0.15, 0.2) is 12.1 Å². The molecular formula is C17H26N3O4S2+. The predicted octanol–water partition coefficient (Wildman–Crippen LogP) is 0.499. The fourth-order valence-corrected chi connectivity index (χ4v) is 3.69. The number of rotatable bonds is 6. The molecule has 1 amide bonds. The second kappa shape index (κ2) is 9.84. The van der Waals surface area contributed by atoms with E-state index in [1.54, 1.807) is 12.1 Å². The van der Waals surface area contributed by atoms with Crippen LogP contribution in [0.2, 0.25) is 0 Å². The highest BCUT2D eigenvalue weighted by Gasteiger charge is 2.20. The molecule has 0 aromatic heterocycles. The largest absolute Gasteiger partial charge is 0.493 e. The molecule has 2 rings (SSSR count). The van der Waals surface area contributed by atoms with Gasteiger partial charge in [-0.3, -0.25) is 4.79 Å². The number of nitrogens with one attached hydrogen (secondary N) is 2. The molecule has 1 aromatic rings. The number of thiocarbonyl (C=S) groups is 1. The number of anilines is 1. The Morgan fingerprint density at radius 2 is 1.77 bits per heavy atom. The SMILES string of the molecule is COc1cc(NC(=O)CSC(=S)N2CC[NH+](C)CC2)cc(OC)c1OC. The molecule has 0 radical (unpaired) electrons. The van der Waals surface area contributed by atoms with Gasteiger partial charge in [-0.25, -0.2) is 0 Å². The van der Waals surface area contributed by atoms with Crippen LogP contribution >= 0.6 is 24.0 Å². The number of hydrogen-bond acceptors (Lipinski definition) is 6. The van der Waals surface area contributed by atoms with E-state index in [9.17, 15) is 4.79 Å². The molecule has 0 atom stereocenters. The maximum Gasteiger partial charge on any atom is 0.234 e. The van der Waals surface area contributed by atoms with E-state index in [1.165, 1.54) is 38.0 Å². The van der Waals surface area contributed by atoms with E-state index < -0.39 is 0 Å². The maximum atomic E-state index is 12.3. The summed E-state index contributed by atoms with van der Waals surface area (Å²) in [5.41, 5.74) is 0.583. The summed E-state index contributed by atoms with van der Waals surface area (Å²) in [6.45, 7) is 4.01. The van der Waals surface area contributed by atoms with Crippen LogP contribution in [0, 0.1) is 0 Å². The summed E-state index contributed by atoms with van der Waals surface area (Å²) in [5, 5.41) is 2.85. The lowest BCUT2D eigenvalue weighted by Crippen LogP contribution is -3.12. The lowest BCUT2D eigenvalue weighted by molar-refractivity contribution is -0.883. The molecule has 26 heavy (non-hydrogen) atoms. The minimum absolute atomic E-state index is 0.133. The molecule has 0 spiro atoms. The molecule has 1 fully saturated rings. The van der Waals surface area contributed by atoms with Gasteiger partial charge in [-0.05, 0) is 0 Å². The molecule has 7 nitrogen and oxygen atoms in total. The first-order chi connectivity index (χ1) is 12.5. The zero-order valence-electron chi connectivity index (χ0n) is 15.6. The summed E-state index contributed by atoms with van der Waals surface area (Å²) in [5.74, 6) is 1.59. The standard InChI is InChI=1S/C17H25N3O4S2/c1-19-5-7-20(8-6-19)17(25)26-11-15(21)18-12-9-13(22-2)16(24-4)14(10-12)23-3/h9-10H,5-8,11H2,1-4H3,(H,18,21)/p+1. The van der Waals surface area contributed by atoms with Gasteiger partial charge in [0, 0.05) is 17.8 Å². The van der Waals surface area contributed by atoms with Crippen molar-refractivity contribution in [2.75, 3.05) is 65.6 Å². The van der Waals surface area contributed by atoms with E-state index in [0.717, 1.165) is 30.5 Å². The second-order valence-corrected chi connectivity index (χ2v) is 7.57. The first kappa shape index (κ1) is 20.6. The van der Waals surface area contributed by atoms with E-state index >= 15 is 0 Å². The van der Waals surface area contributed by atoms with Crippen LogP contribution < -0.4 is 24.4 Å². The van der Waals surface area contributed by atoms with Crippen molar-refractivity contribution in [3.8, 4) is 17.2 Å². The van der Waals surface area contributed by atoms with E-state index in [4.69, 9.17) is 26.4 Å². The molecule has 1 heterocycles. The topological polar surface area (TPSA) is 64.5 Å². The first-order valence-electron chi connectivity index (χ1n) is 8.31. The Labute approximate surface area is 163 Å². The third-order valence-electron chi connectivity index (χ3n) is 4.15. The molecule has 0 bridgehead atoms. The fourth-order valence-electron chi connectivity index (χ4n) is 2.64. The van der Waals surface area contributed by atoms with Gasteiger partial charge >= 0.3 is 0 Å². The summed E-state index contributed by atoms with van der Waals surface area (Å²) in [6, 6.07) is 3.40. The van der Waals surface area contributed by atoms with Gasteiger partial charge in [0.1, 0.15) is 4.32 Å². The summed E-state index contributed by atoms with van der Waals surface area (Å²) in [6.07, 6.45) is 0. The van der Waals surface area contributed by atoms with Gasteiger partial charge in [-0.15, -0.1) is 0 Å². The average Bonchev–Trinajstić information content (AvgIpc) is 2.65. The average molecular weight is 401 g/mol. The van der Waals surface area contributed by atoms with E-state index in [2.05, 4.69) is 17.3 Å². The van der Waals surface area contributed by atoms with E-state index in [0.29, 0.717) is 22.9 Å². The Balaban J connectivity index is 1.92. The summed E-state index contributed by atoms with van der Waals surface area (Å²) in [7, 11) is 6.79. The summed E-state index contributed by atoms with van der Waals surface area (Å²) >= 11 is 6.84. The van der Waals surface area contributed by atoms with Crippen LogP contribution in [0.25, 0.3) is 0 Å². The van der Waals surface area contributed by atoms with Crippen LogP contribution in [0.4, 0.5) is 5.69 Å². The molecule has 0 aliphatic carbocycles. The van der Waals surface area contributed by atoms with Crippen LogP contribution in [0.1, 0.15) is 0 Å². The number of methoxy groups -OCH3 is 3. The van der Waals surface area contributed by atoms with Crippen molar-refractivity contribution < 1.29 is 23.9 Å². The monoisotopic (exact) mass is 400 g/mol. The molecule has 0 saturated carbocycles. The number of amides is 1. The van der Waals surface area contributed by atoms with Gasteiger partial charge in [-0.1, -0.05) is 24.0 Å². The first-order valence-corrected chi connectivity index (χ1v) is 9.70. The molecule has 0 unspecified atom stereocenters. The molecule has 144 valence electrons. The molecule has 2 N–H and O–H groups in total. The number of ether oxygens (including phenoxy) is 3. The van der Waals surface area contributed by atoms with Gasteiger partial charge in [0.05, 0.1) is 60.3 Å². The number of thioether (sulfide) groups is 1. The summed E-state index contributed by atoms with van der Waals surface area (Å²) in [4.78, 5) is 16.0. The molecule has 1 saturated heterocycles. The van der Waals surface area contributed by atoms with Crippen LogP contribution in [-0.4, -0.2) is 75.4 Å². The Kier molecular flexibility index (Phi) is 7.80.